The first-order chi connectivity index (χ1) is 7.18. The summed E-state index contributed by atoms with van der Waals surface area (Å²) in [6.45, 7) is 0. The third-order valence-corrected chi connectivity index (χ3v) is 2.16. The van der Waals surface area contributed by atoms with Crippen molar-refractivity contribution in [3.63, 3.8) is 0 Å². The van der Waals surface area contributed by atoms with Gasteiger partial charge >= 0.3 is 0 Å². The van der Waals surface area contributed by atoms with Crippen LogP contribution in [-0.2, 0) is 7.05 Å². The van der Waals surface area contributed by atoms with E-state index in [1.54, 1.807) is 18.5 Å². The quantitative estimate of drug-likeness (QED) is 0.695. The molecular formula is C9H11N5O. The maximum Gasteiger partial charge on any atom is 0.264 e. The average Bonchev–Trinajstić information content (AvgIpc) is 2.65. The van der Waals surface area contributed by atoms with Gasteiger partial charge in [0.25, 0.3) is 5.56 Å². The number of hydrogen-bond donors (Lipinski definition) is 2. The number of aromatic amines is 1. The van der Waals surface area contributed by atoms with Crippen LogP contribution in [0.25, 0.3) is 0 Å². The molecule has 78 valence electrons. The van der Waals surface area contributed by atoms with Crippen molar-refractivity contribution >= 4 is 0 Å². The van der Waals surface area contributed by atoms with Crippen LogP contribution in [0.4, 0.5) is 0 Å². The third kappa shape index (κ3) is 1.79. The fraction of sp³-hybridized carbons (Fsp3) is 0.222. The summed E-state index contributed by atoms with van der Waals surface area (Å²) in [5.74, 6) is 0.703. The zero-order valence-electron chi connectivity index (χ0n) is 8.21. The Kier molecular flexibility index (Phi) is 2.34. The van der Waals surface area contributed by atoms with Gasteiger partial charge in [-0.15, -0.1) is 0 Å². The number of H-pyrrole nitrogens is 1. The van der Waals surface area contributed by atoms with Crippen LogP contribution in [0.2, 0.25) is 0 Å². The normalized spacial score (nSPS) is 12.7. The Hall–Kier alpha value is -1.95. The number of imidazole rings is 1. The molecule has 3 N–H and O–H groups in total. The van der Waals surface area contributed by atoms with Crippen LogP contribution in [0.5, 0.6) is 0 Å². The lowest BCUT2D eigenvalue weighted by Crippen LogP contribution is -2.20. The van der Waals surface area contributed by atoms with Gasteiger partial charge in [0.2, 0.25) is 0 Å². The Morgan fingerprint density at radius 2 is 2.33 bits per heavy atom. The largest absolute Gasteiger partial charge is 0.336 e. The molecule has 0 aliphatic heterocycles. The predicted molar refractivity (Wildman–Crippen MR) is 54.1 cm³/mol. The van der Waals surface area contributed by atoms with Crippen LogP contribution in [0, 0.1) is 0 Å². The van der Waals surface area contributed by atoms with E-state index in [0.717, 1.165) is 0 Å². The molecule has 0 saturated carbocycles. The van der Waals surface area contributed by atoms with Crippen LogP contribution >= 0.6 is 0 Å². The monoisotopic (exact) mass is 205 g/mol. The first-order valence-corrected chi connectivity index (χ1v) is 4.47. The van der Waals surface area contributed by atoms with E-state index in [9.17, 15) is 4.79 Å². The smallest absolute Gasteiger partial charge is 0.264 e. The summed E-state index contributed by atoms with van der Waals surface area (Å²) in [6, 6.07) is 2.56. The molecule has 0 aliphatic rings. The number of aromatic nitrogens is 4. The number of aryl methyl sites for hydroxylation is 1. The molecule has 6 nitrogen and oxygen atoms in total. The summed E-state index contributed by atoms with van der Waals surface area (Å²) in [5.41, 5.74) is 6.29. The fourth-order valence-electron chi connectivity index (χ4n) is 1.34. The zero-order chi connectivity index (χ0) is 10.8. The molecule has 0 fully saturated rings. The molecule has 0 amide bonds. The summed E-state index contributed by atoms with van der Waals surface area (Å²) in [4.78, 5) is 14.9. The molecule has 0 aliphatic carbocycles. The Bertz CT molecular complexity index is 495. The number of nitrogens with two attached hydrogens (primary N) is 1. The molecule has 1 unspecified atom stereocenters. The summed E-state index contributed by atoms with van der Waals surface area (Å²) in [5, 5.41) is 6.20. The van der Waals surface area contributed by atoms with Crippen molar-refractivity contribution in [1.29, 1.82) is 0 Å². The molecule has 0 saturated heterocycles. The van der Waals surface area contributed by atoms with Crippen LogP contribution in [0.3, 0.4) is 0 Å². The van der Waals surface area contributed by atoms with E-state index < -0.39 is 6.04 Å². The van der Waals surface area contributed by atoms with Gasteiger partial charge in [-0.05, 0) is 6.07 Å². The highest BCUT2D eigenvalue weighted by Crippen LogP contribution is 2.13. The lowest BCUT2D eigenvalue weighted by molar-refractivity contribution is 0.685. The van der Waals surface area contributed by atoms with Crippen LogP contribution in [-0.4, -0.2) is 19.7 Å². The van der Waals surface area contributed by atoms with Crippen molar-refractivity contribution in [2.75, 3.05) is 0 Å². The molecular weight excluding hydrogens is 194 g/mol. The molecule has 15 heavy (non-hydrogen) atoms. The van der Waals surface area contributed by atoms with E-state index >= 15 is 0 Å². The Morgan fingerprint density at radius 1 is 1.53 bits per heavy atom. The molecule has 2 aromatic heterocycles. The van der Waals surface area contributed by atoms with E-state index in [1.165, 1.54) is 6.07 Å². The van der Waals surface area contributed by atoms with Crippen molar-refractivity contribution in [3.8, 4) is 0 Å². The highest BCUT2D eigenvalue weighted by Gasteiger charge is 2.14. The standard InChI is InChI=1S/C9H11N5O/c1-14-5-4-11-9(14)8(10)6-2-3-7(15)13-12-6/h2-5,8H,10H2,1H3,(H,13,15). The topological polar surface area (TPSA) is 89.6 Å². The second-order valence-corrected chi connectivity index (χ2v) is 3.22. The van der Waals surface area contributed by atoms with Gasteiger partial charge in [0.15, 0.2) is 0 Å². The number of rotatable bonds is 2. The lowest BCUT2D eigenvalue weighted by Gasteiger charge is -2.09. The third-order valence-electron chi connectivity index (χ3n) is 2.16. The minimum atomic E-state index is -0.429. The van der Waals surface area contributed by atoms with Crippen molar-refractivity contribution < 1.29 is 0 Å². The van der Waals surface area contributed by atoms with Gasteiger partial charge in [0.1, 0.15) is 11.9 Å². The second kappa shape index (κ2) is 3.66. The van der Waals surface area contributed by atoms with Gasteiger partial charge in [0.05, 0.1) is 5.69 Å². The maximum atomic E-state index is 10.8. The Labute approximate surface area is 85.8 Å². The summed E-state index contributed by atoms with van der Waals surface area (Å²) in [7, 11) is 1.86. The molecule has 2 rings (SSSR count). The molecule has 0 bridgehead atoms. The minimum absolute atomic E-state index is 0.245. The Balaban J connectivity index is 2.36. The molecule has 1 atom stereocenters. The predicted octanol–water partition coefficient (Wildman–Crippen LogP) is -0.449. The highest BCUT2D eigenvalue weighted by atomic mass is 16.1. The van der Waals surface area contributed by atoms with E-state index in [4.69, 9.17) is 5.73 Å². The molecule has 6 heteroatoms. The van der Waals surface area contributed by atoms with Crippen molar-refractivity contribution in [3.05, 3.63) is 46.4 Å². The van der Waals surface area contributed by atoms with Crippen LogP contribution in [0.15, 0.2) is 29.3 Å². The van der Waals surface area contributed by atoms with Gasteiger partial charge in [-0.2, -0.15) is 5.10 Å². The molecule has 0 spiro atoms. The van der Waals surface area contributed by atoms with E-state index in [2.05, 4.69) is 15.2 Å². The molecule has 0 radical (unpaired) electrons. The average molecular weight is 205 g/mol. The summed E-state index contributed by atoms with van der Waals surface area (Å²) < 4.78 is 1.82. The molecule has 2 aromatic rings. The molecule has 0 aromatic carbocycles. The van der Waals surface area contributed by atoms with E-state index in [-0.39, 0.29) is 5.56 Å². The number of hydrogen-bond acceptors (Lipinski definition) is 4. The van der Waals surface area contributed by atoms with Gasteiger partial charge in [-0.3, -0.25) is 4.79 Å². The first-order valence-electron chi connectivity index (χ1n) is 4.47. The van der Waals surface area contributed by atoms with Crippen molar-refractivity contribution in [2.45, 2.75) is 6.04 Å². The van der Waals surface area contributed by atoms with Gasteiger partial charge in [0, 0.05) is 25.5 Å². The molecule has 2 heterocycles. The Morgan fingerprint density at radius 3 is 2.87 bits per heavy atom. The van der Waals surface area contributed by atoms with Gasteiger partial charge in [-0.1, -0.05) is 0 Å². The van der Waals surface area contributed by atoms with Gasteiger partial charge in [-0.25, -0.2) is 10.1 Å². The summed E-state index contributed by atoms with van der Waals surface area (Å²) >= 11 is 0. The SMILES string of the molecule is Cn1ccnc1C(N)c1ccc(=O)[nH]n1. The number of nitrogens with one attached hydrogen (secondary N) is 1. The zero-order valence-corrected chi connectivity index (χ0v) is 8.21. The highest BCUT2D eigenvalue weighted by molar-refractivity contribution is 5.15. The van der Waals surface area contributed by atoms with Gasteiger partial charge < -0.3 is 10.3 Å². The van der Waals surface area contributed by atoms with Crippen LogP contribution in [0.1, 0.15) is 17.6 Å². The lowest BCUT2D eigenvalue weighted by atomic mass is 10.2. The summed E-state index contributed by atoms with van der Waals surface area (Å²) in [6.07, 6.45) is 3.47. The number of nitrogens with zero attached hydrogens (tertiary/aromatic N) is 3. The van der Waals surface area contributed by atoms with E-state index in [0.29, 0.717) is 11.5 Å². The van der Waals surface area contributed by atoms with E-state index in [1.807, 2.05) is 11.6 Å². The first kappa shape index (κ1) is 9.60. The van der Waals surface area contributed by atoms with Crippen molar-refractivity contribution in [1.82, 2.24) is 19.7 Å². The fourth-order valence-corrected chi connectivity index (χ4v) is 1.34. The van der Waals surface area contributed by atoms with Crippen molar-refractivity contribution in [2.24, 2.45) is 12.8 Å². The minimum Gasteiger partial charge on any atom is -0.336 e. The second-order valence-electron chi connectivity index (χ2n) is 3.22. The maximum absolute atomic E-state index is 10.8. The van der Waals surface area contributed by atoms with Crippen LogP contribution < -0.4 is 11.3 Å².